The lowest BCUT2D eigenvalue weighted by molar-refractivity contribution is -0.130. The second-order valence-corrected chi connectivity index (χ2v) is 4.45. The van der Waals surface area contributed by atoms with Gasteiger partial charge >= 0.3 is 5.97 Å². The summed E-state index contributed by atoms with van der Waals surface area (Å²) >= 11 is 1.28. The van der Waals surface area contributed by atoms with Crippen molar-refractivity contribution in [3.05, 3.63) is 58.6 Å². The first-order chi connectivity index (χ1) is 8.68. The highest BCUT2D eigenvalue weighted by Crippen LogP contribution is 2.23. The van der Waals surface area contributed by atoms with E-state index in [2.05, 4.69) is 11.6 Å². The van der Waals surface area contributed by atoms with E-state index in [9.17, 15) is 4.79 Å². The second-order valence-electron chi connectivity index (χ2n) is 3.59. The van der Waals surface area contributed by atoms with E-state index in [1.165, 1.54) is 11.3 Å². The Morgan fingerprint density at radius 1 is 1.28 bits per heavy atom. The van der Waals surface area contributed by atoms with Crippen molar-refractivity contribution in [2.24, 2.45) is 0 Å². The van der Waals surface area contributed by atoms with Gasteiger partial charge in [0.05, 0.1) is 21.7 Å². The molecule has 0 spiro atoms. The largest absolute Gasteiger partial charge is 0.478 e. The van der Waals surface area contributed by atoms with Gasteiger partial charge in [0.15, 0.2) is 0 Å². The number of hydrogen-bond donors (Lipinski definition) is 1. The Bertz CT molecular complexity index is 599. The Hall–Kier alpha value is -2.20. The monoisotopic (exact) mass is 257 g/mol. The number of carboxylic acid groups (broad SMARTS) is 1. The van der Waals surface area contributed by atoms with Crippen molar-refractivity contribution < 1.29 is 9.90 Å². The van der Waals surface area contributed by atoms with Gasteiger partial charge in [0.25, 0.3) is 0 Å². The summed E-state index contributed by atoms with van der Waals surface area (Å²) in [7, 11) is 0. The summed E-state index contributed by atoms with van der Waals surface area (Å²) in [5, 5.41) is 8.92. The first kappa shape index (κ1) is 12.3. The molecule has 0 radical (unpaired) electrons. The smallest absolute Gasteiger partial charge is 0.336 e. The topological polar surface area (TPSA) is 50.2 Å². The van der Waals surface area contributed by atoms with Crippen LogP contribution in [-0.2, 0) is 4.79 Å². The summed E-state index contributed by atoms with van der Waals surface area (Å²) in [6.45, 7) is 3.55. The van der Waals surface area contributed by atoms with Gasteiger partial charge in [-0.15, -0.1) is 11.3 Å². The summed E-state index contributed by atoms with van der Waals surface area (Å²) < 4.78 is 0. The van der Waals surface area contributed by atoms with Crippen LogP contribution < -0.4 is 0 Å². The van der Waals surface area contributed by atoms with Crippen LogP contribution >= 0.6 is 11.3 Å². The molecule has 0 saturated carbocycles. The highest BCUT2D eigenvalue weighted by molar-refractivity contribution is 7.11. The molecule has 1 heterocycles. The predicted molar refractivity (Wildman–Crippen MR) is 74.2 cm³/mol. The van der Waals surface area contributed by atoms with Crippen molar-refractivity contribution in [2.45, 2.75) is 0 Å². The predicted octanol–water partition coefficient (Wildman–Crippen LogP) is 3.41. The molecule has 0 fully saturated rings. The zero-order chi connectivity index (χ0) is 13.0. The van der Waals surface area contributed by atoms with Gasteiger partial charge < -0.3 is 5.11 Å². The van der Waals surface area contributed by atoms with E-state index in [0.717, 1.165) is 5.56 Å². The molecule has 3 nitrogen and oxygen atoms in total. The van der Waals surface area contributed by atoms with Crippen LogP contribution in [0, 0.1) is 0 Å². The molecular formula is C14H11NO2S. The van der Waals surface area contributed by atoms with Crippen molar-refractivity contribution in [1.29, 1.82) is 0 Å². The zero-order valence-electron chi connectivity index (χ0n) is 9.54. The number of thiazole rings is 1. The number of aliphatic carboxylic acids is 1. The fourth-order valence-electron chi connectivity index (χ4n) is 1.44. The number of aromatic nitrogens is 1. The summed E-state index contributed by atoms with van der Waals surface area (Å²) in [5.41, 5.74) is 3.37. The Morgan fingerprint density at radius 3 is 2.67 bits per heavy atom. The van der Waals surface area contributed by atoms with Crippen LogP contribution in [0.3, 0.4) is 0 Å². The molecule has 18 heavy (non-hydrogen) atoms. The summed E-state index contributed by atoms with van der Waals surface area (Å²) in [6, 6.07) is 9.76. The molecule has 1 N–H and O–H groups in total. The number of nitrogens with zero attached hydrogens (tertiary/aromatic N) is 1. The zero-order valence-corrected chi connectivity index (χ0v) is 10.4. The third-order valence-corrected chi connectivity index (χ3v) is 3.26. The normalized spacial score (nSPS) is 10.7. The first-order valence-electron chi connectivity index (χ1n) is 5.27. The van der Waals surface area contributed by atoms with Crippen LogP contribution in [0.1, 0.15) is 16.1 Å². The molecule has 0 amide bonds. The molecule has 2 rings (SSSR count). The molecule has 1 aromatic heterocycles. The first-order valence-corrected chi connectivity index (χ1v) is 6.15. The fourth-order valence-corrected chi connectivity index (χ4v) is 2.18. The lowest BCUT2D eigenvalue weighted by atomic mass is 10.1. The standard InChI is InChI=1S/C14H11NO2S/c1-10(14(16)17)13-12(15-9-18-13)8-7-11-5-3-2-4-6-11/h2-9H,1H2,(H,16,17). The molecule has 2 aromatic rings. The van der Waals surface area contributed by atoms with E-state index in [-0.39, 0.29) is 5.57 Å². The quantitative estimate of drug-likeness (QED) is 0.854. The highest BCUT2D eigenvalue weighted by Gasteiger charge is 2.13. The molecule has 0 aliphatic heterocycles. The number of hydrogen-bond acceptors (Lipinski definition) is 3. The molecular weight excluding hydrogens is 246 g/mol. The van der Waals surface area contributed by atoms with Crippen molar-refractivity contribution in [2.75, 3.05) is 0 Å². The molecule has 0 saturated heterocycles. The lowest BCUT2D eigenvalue weighted by Crippen LogP contribution is -1.97. The fraction of sp³-hybridized carbons (Fsp3) is 0. The molecule has 0 atom stereocenters. The number of rotatable bonds is 4. The highest BCUT2D eigenvalue weighted by atomic mass is 32.1. The lowest BCUT2D eigenvalue weighted by Gasteiger charge is -1.97. The average molecular weight is 257 g/mol. The number of benzene rings is 1. The molecule has 0 unspecified atom stereocenters. The minimum atomic E-state index is -1.02. The summed E-state index contributed by atoms with van der Waals surface area (Å²) in [4.78, 5) is 15.6. The van der Waals surface area contributed by atoms with Crippen molar-refractivity contribution in [1.82, 2.24) is 4.98 Å². The number of carboxylic acids is 1. The average Bonchev–Trinajstić information content (AvgIpc) is 2.84. The molecule has 90 valence electrons. The van der Waals surface area contributed by atoms with E-state index < -0.39 is 5.97 Å². The van der Waals surface area contributed by atoms with E-state index >= 15 is 0 Å². The maximum atomic E-state index is 10.9. The van der Waals surface area contributed by atoms with Gasteiger partial charge in [-0.3, -0.25) is 0 Å². The van der Waals surface area contributed by atoms with Crippen LogP contribution in [0.5, 0.6) is 0 Å². The Balaban J connectivity index is 2.26. The molecule has 0 aliphatic rings. The second kappa shape index (κ2) is 5.42. The van der Waals surface area contributed by atoms with E-state index in [4.69, 9.17) is 5.11 Å². The van der Waals surface area contributed by atoms with Crippen LogP contribution in [0.15, 0.2) is 42.4 Å². The molecule has 1 aromatic carbocycles. The van der Waals surface area contributed by atoms with Crippen LogP contribution in [0.25, 0.3) is 17.7 Å². The van der Waals surface area contributed by atoms with Gasteiger partial charge in [0.1, 0.15) is 0 Å². The molecule has 4 heteroatoms. The maximum absolute atomic E-state index is 10.9. The third-order valence-electron chi connectivity index (χ3n) is 2.36. The third kappa shape index (κ3) is 2.73. The summed E-state index contributed by atoms with van der Waals surface area (Å²) in [5.74, 6) is -1.02. The maximum Gasteiger partial charge on any atom is 0.336 e. The Morgan fingerprint density at radius 2 is 2.00 bits per heavy atom. The van der Waals surface area contributed by atoms with E-state index in [1.807, 2.05) is 36.4 Å². The van der Waals surface area contributed by atoms with Crippen LogP contribution in [0.4, 0.5) is 0 Å². The van der Waals surface area contributed by atoms with Gasteiger partial charge in [-0.05, 0) is 11.6 Å². The van der Waals surface area contributed by atoms with Crippen LogP contribution in [-0.4, -0.2) is 16.1 Å². The molecule has 0 aliphatic carbocycles. The SMILES string of the molecule is C=C(C(=O)O)c1scnc1C=Cc1ccccc1. The van der Waals surface area contributed by atoms with Crippen molar-refractivity contribution in [3.8, 4) is 0 Å². The van der Waals surface area contributed by atoms with Crippen molar-refractivity contribution >= 4 is 35.0 Å². The van der Waals surface area contributed by atoms with Gasteiger partial charge in [0.2, 0.25) is 0 Å². The number of carbonyl (C=O) groups is 1. The van der Waals surface area contributed by atoms with Gasteiger partial charge in [-0.1, -0.05) is 43.0 Å². The van der Waals surface area contributed by atoms with Gasteiger partial charge in [0, 0.05) is 0 Å². The summed E-state index contributed by atoms with van der Waals surface area (Å²) in [6.07, 6.45) is 3.70. The minimum absolute atomic E-state index is 0.0743. The molecule has 0 bridgehead atoms. The minimum Gasteiger partial charge on any atom is -0.478 e. The van der Waals surface area contributed by atoms with Crippen molar-refractivity contribution in [3.63, 3.8) is 0 Å². The Kier molecular flexibility index (Phi) is 3.69. The van der Waals surface area contributed by atoms with Gasteiger partial charge in [-0.2, -0.15) is 0 Å². The van der Waals surface area contributed by atoms with Crippen LogP contribution in [0.2, 0.25) is 0 Å². The van der Waals surface area contributed by atoms with Gasteiger partial charge in [-0.25, -0.2) is 9.78 Å². The van der Waals surface area contributed by atoms with E-state index in [0.29, 0.717) is 10.6 Å². The Labute approximate surface area is 109 Å². The van der Waals surface area contributed by atoms with E-state index in [1.54, 1.807) is 11.6 Å².